The molecule has 2 aromatic rings. The molecule has 0 radical (unpaired) electrons. The van der Waals surface area contributed by atoms with Crippen LogP contribution >= 0.6 is 0 Å². The Kier molecular flexibility index (Phi) is 5.69. The normalized spacial score (nSPS) is 11.0. The van der Waals surface area contributed by atoms with Crippen LogP contribution in [0.25, 0.3) is 0 Å². The van der Waals surface area contributed by atoms with Gasteiger partial charge in [-0.25, -0.2) is 8.42 Å². The van der Waals surface area contributed by atoms with Crippen LogP contribution in [0.3, 0.4) is 0 Å². The molecule has 0 unspecified atom stereocenters. The fourth-order valence-electron chi connectivity index (χ4n) is 2.36. The third-order valence-electron chi connectivity index (χ3n) is 3.99. The van der Waals surface area contributed by atoms with Gasteiger partial charge in [0.25, 0.3) is 10.0 Å². The van der Waals surface area contributed by atoms with Gasteiger partial charge in [-0.05, 0) is 55.3 Å². The van der Waals surface area contributed by atoms with Gasteiger partial charge in [0.1, 0.15) is 12.3 Å². The van der Waals surface area contributed by atoms with E-state index in [1.54, 1.807) is 24.3 Å². The number of benzene rings is 2. The molecule has 2 rings (SSSR count). The van der Waals surface area contributed by atoms with Crippen molar-refractivity contribution in [3.05, 3.63) is 53.6 Å². The van der Waals surface area contributed by atoms with E-state index >= 15 is 0 Å². The highest BCUT2D eigenvalue weighted by Gasteiger charge is 2.28. The van der Waals surface area contributed by atoms with Gasteiger partial charge in [-0.2, -0.15) is 0 Å². The maximum Gasteiger partial charge on any atom is 0.326 e. The average Bonchev–Trinajstić information content (AvgIpc) is 2.62. The molecule has 0 aromatic heterocycles. The Morgan fingerprint density at radius 3 is 2.24 bits per heavy atom. The predicted octanol–water partition coefficient (Wildman–Crippen LogP) is 2.68. The Balaban J connectivity index is 2.57. The highest BCUT2D eigenvalue weighted by molar-refractivity contribution is 7.92. The standard InChI is InChI=1S/C18H21NO5S/c1-13-6-5-7-17(14(13)2)19(12-18(20)24-4)25(21,22)16-10-8-15(23-3)9-11-16/h5-11H,12H2,1-4H3. The zero-order valence-corrected chi connectivity index (χ0v) is 15.5. The fraction of sp³-hybridized carbons (Fsp3) is 0.278. The molecule has 0 N–H and O–H groups in total. The zero-order chi connectivity index (χ0) is 18.6. The lowest BCUT2D eigenvalue weighted by atomic mass is 10.1. The second-order valence-corrected chi connectivity index (χ2v) is 7.34. The summed E-state index contributed by atoms with van der Waals surface area (Å²) in [5, 5.41) is 0. The van der Waals surface area contributed by atoms with Crippen LogP contribution in [0.2, 0.25) is 0 Å². The minimum Gasteiger partial charge on any atom is -0.497 e. The van der Waals surface area contributed by atoms with Crippen LogP contribution < -0.4 is 9.04 Å². The minimum absolute atomic E-state index is 0.0677. The smallest absolute Gasteiger partial charge is 0.326 e. The molecule has 0 bridgehead atoms. The first-order valence-electron chi connectivity index (χ1n) is 7.61. The SMILES string of the molecule is COC(=O)CN(c1cccc(C)c1C)S(=O)(=O)c1ccc(OC)cc1. The van der Waals surface area contributed by atoms with Crippen molar-refractivity contribution in [2.75, 3.05) is 25.1 Å². The summed E-state index contributed by atoms with van der Waals surface area (Å²) in [6, 6.07) is 11.3. The van der Waals surface area contributed by atoms with Gasteiger partial charge in [-0.1, -0.05) is 12.1 Å². The number of hydrogen-bond donors (Lipinski definition) is 0. The van der Waals surface area contributed by atoms with Crippen LogP contribution in [-0.4, -0.2) is 35.2 Å². The molecule has 25 heavy (non-hydrogen) atoms. The van der Waals surface area contributed by atoms with Gasteiger partial charge in [0.05, 0.1) is 24.8 Å². The molecule has 0 aliphatic heterocycles. The highest BCUT2D eigenvalue weighted by Crippen LogP contribution is 2.29. The molecular weight excluding hydrogens is 342 g/mol. The predicted molar refractivity (Wildman–Crippen MR) is 95.5 cm³/mol. The van der Waals surface area contributed by atoms with E-state index in [1.165, 1.54) is 26.4 Å². The van der Waals surface area contributed by atoms with E-state index < -0.39 is 22.5 Å². The molecule has 0 aliphatic carbocycles. The molecular formula is C18H21NO5S. The quantitative estimate of drug-likeness (QED) is 0.738. The molecule has 134 valence electrons. The number of rotatable bonds is 6. The summed E-state index contributed by atoms with van der Waals surface area (Å²) >= 11 is 0. The third kappa shape index (κ3) is 3.93. The lowest BCUT2D eigenvalue weighted by molar-refractivity contribution is -0.138. The van der Waals surface area contributed by atoms with Gasteiger partial charge in [0.15, 0.2) is 0 Å². The Morgan fingerprint density at radius 1 is 1.04 bits per heavy atom. The van der Waals surface area contributed by atoms with Gasteiger partial charge in [0.2, 0.25) is 0 Å². The summed E-state index contributed by atoms with van der Waals surface area (Å²) in [5.41, 5.74) is 2.15. The molecule has 0 amide bonds. The summed E-state index contributed by atoms with van der Waals surface area (Å²) in [5.74, 6) is -0.0943. The van der Waals surface area contributed by atoms with Crippen molar-refractivity contribution >= 4 is 21.7 Å². The maximum atomic E-state index is 13.1. The number of methoxy groups -OCH3 is 2. The molecule has 6 nitrogen and oxygen atoms in total. The van der Waals surface area contributed by atoms with Crippen LogP contribution in [0.5, 0.6) is 5.75 Å². The van der Waals surface area contributed by atoms with Crippen LogP contribution in [0, 0.1) is 13.8 Å². The third-order valence-corrected chi connectivity index (χ3v) is 5.77. The van der Waals surface area contributed by atoms with Gasteiger partial charge < -0.3 is 9.47 Å². The van der Waals surface area contributed by atoms with E-state index in [9.17, 15) is 13.2 Å². The van der Waals surface area contributed by atoms with Crippen molar-refractivity contribution in [2.45, 2.75) is 18.7 Å². The van der Waals surface area contributed by atoms with E-state index in [1.807, 2.05) is 19.9 Å². The minimum atomic E-state index is -3.95. The number of aryl methyl sites for hydroxylation is 1. The number of anilines is 1. The largest absolute Gasteiger partial charge is 0.497 e. The Morgan fingerprint density at radius 2 is 1.68 bits per heavy atom. The van der Waals surface area contributed by atoms with Crippen LogP contribution in [0.4, 0.5) is 5.69 Å². The molecule has 2 aromatic carbocycles. The first-order chi connectivity index (χ1) is 11.8. The van der Waals surface area contributed by atoms with Gasteiger partial charge in [-0.3, -0.25) is 9.10 Å². The number of ether oxygens (including phenoxy) is 2. The summed E-state index contributed by atoms with van der Waals surface area (Å²) in [6.07, 6.45) is 0. The molecule has 0 saturated carbocycles. The van der Waals surface area contributed by atoms with Crippen LogP contribution in [0.15, 0.2) is 47.4 Å². The topological polar surface area (TPSA) is 72.9 Å². The highest BCUT2D eigenvalue weighted by atomic mass is 32.2. The lowest BCUT2D eigenvalue weighted by Crippen LogP contribution is -2.36. The van der Waals surface area contributed by atoms with Crippen molar-refractivity contribution in [1.82, 2.24) is 0 Å². The average molecular weight is 363 g/mol. The van der Waals surface area contributed by atoms with E-state index in [0.717, 1.165) is 15.4 Å². The van der Waals surface area contributed by atoms with Crippen molar-refractivity contribution < 1.29 is 22.7 Å². The number of sulfonamides is 1. The monoisotopic (exact) mass is 363 g/mol. The van der Waals surface area contributed by atoms with E-state index in [2.05, 4.69) is 4.74 Å². The van der Waals surface area contributed by atoms with Crippen molar-refractivity contribution in [3.8, 4) is 5.75 Å². The number of hydrogen-bond acceptors (Lipinski definition) is 5. The van der Waals surface area contributed by atoms with Crippen molar-refractivity contribution in [2.24, 2.45) is 0 Å². The van der Waals surface area contributed by atoms with Crippen LogP contribution in [0.1, 0.15) is 11.1 Å². The second-order valence-electron chi connectivity index (χ2n) is 5.48. The molecule has 0 fully saturated rings. The van der Waals surface area contributed by atoms with E-state index in [-0.39, 0.29) is 4.90 Å². The number of carbonyl (C=O) groups is 1. The molecule has 0 heterocycles. The van der Waals surface area contributed by atoms with Crippen molar-refractivity contribution in [3.63, 3.8) is 0 Å². The molecule has 7 heteroatoms. The summed E-state index contributed by atoms with van der Waals surface area (Å²) in [7, 11) is -1.22. The van der Waals surface area contributed by atoms with Crippen molar-refractivity contribution in [1.29, 1.82) is 0 Å². The Labute approximate surface area is 148 Å². The van der Waals surface area contributed by atoms with E-state index in [0.29, 0.717) is 11.4 Å². The first kappa shape index (κ1) is 18.8. The molecule has 0 spiro atoms. The summed E-state index contributed by atoms with van der Waals surface area (Å²) in [6.45, 7) is 3.29. The van der Waals surface area contributed by atoms with Gasteiger partial charge in [0, 0.05) is 0 Å². The first-order valence-corrected chi connectivity index (χ1v) is 9.05. The maximum absolute atomic E-state index is 13.1. The van der Waals surface area contributed by atoms with Crippen LogP contribution in [-0.2, 0) is 19.6 Å². The zero-order valence-electron chi connectivity index (χ0n) is 14.6. The van der Waals surface area contributed by atoms with Gasteiger partial charge in [-0.15, -0.1) is 0 Å². The lowest BCUT2D eigenvalue weighted by Gasteiger charge is -2.25. The Bertz CT molecular complexity index is 860. The van der Waals surface area contributed by atoms with Gasteiger partial charge >= 0.3 is 5.97 Å². The summed E-state index contributed by atoms with van der Waals surface area (Å²) in [4.78, 5) is 11.9. The number of carbonyl (C=O) groups excluding carboxylic acids is 1. The van der Waals surface area contributed by atoms with E-state index in [4.69, 9.17) is 4.74 Å². The summed E-state index contributed by atoms with van der Waals surface area (Å²) < 4.78 is 37.1. The molecule has 0 aliphatic rings. The second kappa shape index (κ2) is 7.57. The fourth-order valence-corrected chi connectivity index (χ4v) is 3.83. The molecule has 0 atom stereocenters. The number of nitrogens with zero attached hydrogens (tertiary/aromatic N) is 1. The molecule has 0 saturated heterocycles. The number of esters is 1. The Hall–Kier alpha value is -2.54.